The number of amides is 1. The van der Waals surface area contributed by atoms with E-state index in [1.807, 2.05) is 27.8 Å². The molecule has 6 heteroatoms. The highest BCUT2D eigenvalue weighted by Gasteiger charge is 2.34. The minimum Gasteiger partial charge on any atom is -0.386 e. The maximum absolute atomic E-state index is 13.1. The molecule has 26 heavy (non-hydrogen) atoms. The molecular weight excluding hydrogens is 328 g/mol. The molecule has 1 fully saturated rings. The molecule has 0 radical (unpaired) electrons. The molecule has 0 spiro atoms. The third kappa shape index (κ3) is 2.69. The van der Waals surface area contributed by atoms with E-state index in [0.29, 0.717) is 25.6 Å². The molecule has 0 saturated heterocycles. The highest BCUT2D eigenvalue weighted by molar-refractivity contribution is 6.00. The summed E-state index contributed by atoms with van der Waals surface area (Å²) in [5, 5.41) is 18.3. The standard InChI is InChI=1S/C20H24N4O2/c25-19(14-6-7-14)17-11-15-12-23(9-10-24(15)22-17)20(26)16-5-1-3-13-4-2-8-21-18(13)16/h1,3,5,11,14,19,21,25H,2,4,6-10,12H2/t19-/m1/s1. The van der Waals surface area contributed by atoms with Crippen molar-refractivity contribution in [2.45, 2.75) is 44.9 Å². The lowest BCUT2D eigenvalue weighted by Crippen LogP contribution is -2.38. The third-order valence-electron chi connectivity index (χ3n) is 5.78. The Hall–Kier alpha value is -2.34. The summed E-state index contributed by atoms with van der Waals surface area (Å²) in [7, 11) is 0. The van der Waals surface area contributed by atoms with Gasteiger partial charge in [0.25, 0.3) is 5.91 Å². The van der Waals surface area contributed by atoms with Crippen LogP contribution in [-0.2, 0) is 19.5 Å². The van der Waals surface area contributed by atoms with E-state index in [1.54, 1.807) is 0 Å². The van der Waals surface area contributed by atoms with E-state index < -0.39 is 6.10 Å². The smallest absolute Gasteiger partial charge is 0.256 e. The average molecular weight is 352 g/mol. The van der Waals surface area contributed by atoms with Crippen LogP contribution in [0.1, 0.15) is 52.7 Å². The van der Waals surface area contributed by atoms with E-state index in [0.717, 1.165) is 54.9 Å². The first-order valence-electron chi connectivity index (χ1n) is 9.60. The summed E-state index contributed by atoms with van der Waals surface area (Å²) in [5.74, 6) is 0.444. The molecule has 1 aromatic carbocycles. The lowest BCUT2D eigenvalue weighted by atomic mass is 9.98. The summed E-state index contributed by atoms with van der Waals surface area (Å²) in [6, 6.07) is 7.99. The van der Waals surface area contributed by atoms with Crippen LogP contribution in [0.3, 0.4) is 0 Å². The van der Waals surface area contributed by atoms with Crippen molar-refractivity contribution in [3.05, 3.63) is 46.8 Å². The van der Waals surface area contributed by atoms with Crippen LogP contribution in [0.2, 0.25) is 0 Å². The van der Waals surface area contributed by atoms with Crippen LogP contribution < -0.4 is 5.32 Å². The summed E-state index contributed by atoms with van der Waals surface area (Å²) < 4.78 is 1.95. The molecule has 0 bridgehead atoms. The van der Waals surface area contributed by atoms with Gasteiger partial charge in [0.15, 0.2) is 0 Å². The fourth-order valence-electron chi connectivity index (χ4n) is 4.12. The zero-order valence-electron chi connectivity index (χ0n) is 14.8. The third-order valence-corrected chi connectivity index (χ3v) is 5.78. The van der Waals surface area contributed by atoms with Gasteiger partial charge in [-0.15, -0.1) is 0 Å². The van der Waals surface area contributed by atoms with E-state index in [9.17, 15) is 9.90 Å². The van der Waals surface area contributed by atoms with Gasteiger partial charge in [0.2, 0.25) is 0 Å². The van der Waals surface area contributed by atoms with Crippen molar-refractivity contribution >= 4 is 11.6 Å². The van der Waals surface area contributed by atoms with Crippen LogP contribution in [0, 0.1) is 5.92 Å². The number of nitrogens with zero attached hydrogens (tertiary/aromatic N) is 3. The van der Waals surface area contributed by atoms with Gasteiger partial charge in [0.1, 0.15) is 6.10 Å². The molecule has 2 N–H and O–H groups in total. The monoisotopic (exact) mass is 352 g/mol. The molecule has 2 aromatic rings. The summed E-state index contributed by atoms with van der Waals surface area (Å²) in [4.78, 5) is 15.0. The van der Waals surface area contributed by atoms with Gasteiger partial charge in [-0.05, 0) is 49.3 Å². The highest BCUT2D eigenvalue weighted by atomic mass is 16.3. The minimum absolute atomic E-state index is 0.0768. The predicted molar refractivity (Wildman–Crippen MR) is 97.9 cm³/mol. The SMILES string of the molecule is O=C(c1cccc2c1NCCC2)N1CCn2nc([C@H](O)C3CC3)cc2C1. The molecule has 1 aliphatic carbocycles. The Morgan fingerprint density at radius 3 is 3.04 bits per heavy atom. The van der Waals surface area contributed by atoms with Crippen molar-refractivity contribution in [2.24, 2.45) is 5.92 Å². The molecule has 2 aliphatic heterocycles. The second-order valence-electron chi connectivity index (χ2n) is 7.66. The van der Waals surface area contributed by atoms with Crippen molar-refractivity contribution in [3.63, 3.8) is 0 Å². The zero-order chi connectivity index (χ0) is 17.7. The van der Waals surface area contributed by atoms with Gasteiger partial charge in [-0.2, -0.15) is 5.10 Å². The van der Waals surface area contributed by atoms with Crippen molar-refractivity contribution < 1.29 is 9.90 Å². The normalized spacial score (nSPS) is 20.1. The molecule has 5 rings (SSSR count). The summed E-state index contributed by atoms with van der Waals surface area (Å²) in [6.07, 6.45) is 3.85. The number of benzene rings is 1. The van der Waals surface area contributed by atoms with E-state index in [1.165, 1.54) is 5.56 Å². The van der Waals surface area contributed by atoms with Crippen molar-refractivity contribution in [1.82, 2.24) is 14.7 Å². The Kier molecular flexibility index (Phi) is 3.74. The molecular formula is C20H24N4O2. The van der Waals surface area contributed by atoms with Crippen LogP contribution in [0.15, 0.2) is 24.3 Å². The maximum Gasteiger partial charge on any atom is 0.256 e. The molecule has 3 aliphatic rings. The van der Waals surface area contributed by atoms with Crippen molar-refractivity contribution in [2.75, 3.05) is 18.4 Å². The Balaban J connectivity index is 1.38. The predicted octanol–water partition coefficient (Wildman–Crippen LogP) is 2.34. The van der Waals surface area contributed by atoms with Gasteiger partial charge in [0, 0.05) is 13.1 Å². The minimum atomic E-state index is -0.456. The zero-order valence-corrected chi connectivity index (χ0v) is 14.8. The number of rotatable bonds is 3. The van der Waals surface area contributed by atoms with Crippen LogP contribution in [0.25, 0.3) is 0 Å². The van der Waals surface area contributed by atoms with Crippen LogP contribution in [-0.4, -0.2) is 38.8 Å². The summed E-state index contributed by atoms with van der Waals surface area (Å²) >= 11 is 0. The van der Waals surface area contributed by atoms with Crippen molar-refractivity contribution in [3.8, 4) is 0 Å². The number of aromatic nitrogens is 2. The molecule has 6 nitrogen and oxygen atoms in total. The van der Waals surface area contributed by atoms with Crippen LogP contribution >= 0.6 is 0 Å². The Morgan fingerprint density at radius 2 is 2.19 bits per heavy atom. The molecule has 0 unspecified atom stereocenters. The molecule has 1 saturated carbocycles. The van der Waals surface area contributed by atoms with E-state index in [-0.39, 0.29) is 5.91 Å². The summed E-state index contributed by atoms with van der Waals surface area (Å²) in [6.45, 7) is 2.80. The molecule has 1 atom stereocenters. The maximum atomic E-state index is 13.1. The molecule has 1 aromatic heterocycles. The lowest BCUT2D eigenvalue weighted by molar-refractivity contribution is 0.0706. The van der Waals surface area contributed by atoms with Gasteiger partial charge in [-0.1, -0.05) is 12.1 Å². The first-order chi connectivity index (χ1) is 12.7. The number of hydrogen-bond acceptors (Lipinski definition) is 4. The Bertz CT molecular complexity index is 855. The average Bonchev–Trinajstić information content (AvgIpc) is 3.44. The Labute approximate surface area is 152 Å². The fourth-order valence-corrected chi connectivity index (χ4v) is 4.12. The second-order valence-corrected chi connectivity index (χ2v) is 7.66. The number of carbonyl (C=O) groups is 1. The Morgan fingerprint density at radius 1 is 1.31 bits per heavy atom. The molecule has 3 heterocycles. The van der Waals surface area contributed by atoms with E-state index in [2.05, 4.69) is 16.5 Å². The molecule has 136 valence electrons. The topological polar surface area (TPSA) is 70.4 Å². The largest absolute Gasteiger partial charge is 0.386 e. The fraction of sp³-hybridized carbons (Fsp3) is 0.500. The number of carbonyl (C=O) groups excluding carboxylic acids is 1. The van der Waals surface area contributed by atoms with E-state index >= 15 is 0 Å². The van der Waals surface area contributed by atoms with Gasteiger partial charge >= 0.3 is 0 Å². The van der Waals surface area contributed by atoms with Gasteiger partial charge in [-0.25, -0.2) is 0 Å². The van der Waals surface area contributed by atoms with Crippen molar-refractivity contribution in [1.29, 1.82) is 0 Å². The number of para-hydroxylation sites is 1. The first-order valence-corrected chi connectivity index (χ1v) is 9.60. The quantitative estimate of drug-likeness (QED) is 0.890. The lowest BCUT2D eigenvalue weighted by Gasteiger charge is -2.29. The molecule has 1 amide bonds. The van der Waals surface area contributed by atoms with Crippen LogP contribution in [0.5, 0.6) is 0 Å². The van der Waals surface area contributed by atoms with E-state index in [4.69, 9.17) is 0 Å². The summed E-state index contributed by atoms with van der Waals surface area (Å²) in [5.41, 5.74) is 4.78. The highest BCUT2D eigenvalue weighted by Crippen LogP contribution is 2.40. The van der Waals surface area contributed by atoms with Gasteiger partial charge in [0.05, 0.1) is 35.7 Å². The number of aliphatic hydroxyl groups excluding tert-OH is 1. The number of fused-ring (bicyclic) bond motifs is 2. The number of aryl methyl sites for hydroxylation is 1. The number of nitrogens with one attached hydrogen (secondary N) is 1. The van der Waals surface area contributed by atoms with Gasteiger partial charge in [-0.3, -0.25) is 9.48 Å². The van der Waals surface area contributed by atoms with Gasteiger partial charge < -0.3 is 15.3 Å². The van der Waals surface area contributed by atoms with Crippen LogP contribution in [0.4, 0.5) is 5.69 Å². The number of anilines is 1. The number of hydrogen-bond donors (Lipinski definition) is 2. The second kappa shape index (κ2) is 6.13. The first kappa shape index (κ1) is 15.9. The number of aliphatic hydroxyl groups is 1.